The average Bonchev–Trinajstić information content (AvgIpc) is 3.38. The predicted octanol–water partition coefficient (Wildman–Crippen LogP) is 3.39. The number of amides is 4. The van der Waals surface area contributed by atoms with Gasteiger partial charge in [-0.1, -0.05) is 48.5 Å². The molecular weight excluding hydrogens is 461 g/mol. The minimum Gasteiger partial charge on any atom is -0.341 e. The van der Waals surface area contributed by atoms with Crippen molar-refractivity contribution in [1.82, 2.24) is 25.1 Å². The van der Waals surface area contributed by atoms with E-state index in [0.29, 0.717) is 17.0 Å². The van der Waals surface area contributed by atoms with Crippen molar-refractivity contribution in [2.75, 3.05) is 6.54 Å². The topological polar surface area (TPSA) is 96.3 Å². The van der Waals surface area contributed by atoms with Crippen LogP contribution in [0.4, 0.5) is 9.18 Å². The molecule has 5 rings (SSSR count). The number of benzene rings is 3. The largest absolute Gasteiger partial charge is 0.341 e. The second-order valence-corrected chi connectivity index (χ2v) is 8.96. The number of urea groups is 1. The monoisotopic (exact) mass is 485 g/mol. The van der Waals surface area contributed by atoms with E-state index in [-0.39, 0.29) is 0 Å². The number of nitrogens with one attached hydrogen (secondary N) is 2. The van der Waals surface area contributed by atoms with Gasteiger partial charge in [-0.3, -0.25) is 14.5 Å². The average molecular weight is 486 g/mol. The van der Waals surface area contributed by atoms with Crippen molar-refractivity contribution in [2.24, 2.45) is 7.05 Å². The number of hydrogen-bond acceptors (Lipinski definition) is 4. The predicted molar refractivity (Wildman–Crippen MR) is 131 cm³/mol. The van der Waals surface area contributed by atoms with Crippen molar-refractivity contribution in [2.45, 2.75) is 18.5 Å². The molecule has 1 aliphatic heterocycles. The molecule has 2 atom stereocenters. The molecule has 4 aromatic rings. The first-order chi connectivity index (χ1) is 17.3. The molecule has 1 fully saturated rings. The highest BCUT2D eigenvalue weighted by Gasteiger charge is 2.49. The Morgan fingerprint density at radius 3 is 2.58 bits per heavy atom. The summed E-state index contributed by atoms with van der Waals surface area (Å²) < 4.78 is 15.6. The number of aryl methyl sites for hydroxylation is 1. The number of nitrogens with zero attached hydrogens (tertiary/aromatic N) is 3. The summed E-state index contributed by atoms with van der Waals surface area (Å²) in [6.07, 6.45) is 3.28. The van der Waals surface area contributed by atoms with Gasteiger partial charge < -0.3 is 15.2 Å². The quantitative estimate of drug-likeness (QED) is 0.409. The van der Waals surface area contributed by atoms with Crippen LogP contribution in [0.15, 0.2) is 79.1 Å². The summed E-state index contributed by atoms with van der Waals surface area (Å²) in [5.41, 5.74) is -0.216. The molecule has 0 bridgehead atoms. The van der Waals surface area contributed by atoms with Gasteiger partial charge >= 0.3 is 6.03 Å². The van der Waals surface area contributed by atoms with Crippen LogP contribution in [0.1, 0.15) is 29.9 Å². The standard InChI is InChI=1S/C27H24FN5O3/c1-27(20-11-10-17-6-3-4-7-18(17)14-20)25(35)33(26(36)31-27)16-22(34)30-23(24-29-12-13-32(24)2)19-8-5-9-21(28)15-19/h3-15,23H,16H2,1-2H3,(H,30,34)(H,31,36). The first kappa shape index (κ1) is 23.2. The molecule has 0 aliphatic carbocycles. The molecule has 4 amide bonds. The van der Waals surface area contributed by atoms with Crippen LogP contribution in [-0.4, -0.2) is 38.8 Å². The SMILES string of the molecule is Cn1ccnc1C(NC(=O)CN1C(=O)NC(C)(c2ccc3ccccc3c2)C1=O)c1cccc(F)c1. The summed E-state index contributed by atoms with van der Waals surface area (Å²) in [4.78, 5) is 44.5. The van der Waals surface area contributed by atoms with Gasteiger partial charge in [0.25, 0.3) is 5.91 Å². The van der Waals surface area contributed by atoms with Crippen LogP contribution >= 0.6 is 0 Å². The van der Waals surface area contributed by atoms with E-state index in [1.165, 1.54) is 12.1 Å². The first-order valence-electron chi connectivity index (χ1n) is 11.4. The van der Waals surface area contributed by atoms with Crippen LogP contribution in [0.25, 0.3) is 10.8 Å². The molecule has 0 saturated carbocycles. The minimum atomic E-state index is -1.32. The number of aromatic nitrogens is 2. The zero-order valence-corrected chi connectivity index (χ0v) is 19.7. The Labute approximate surface area is 206 Å². The Hall–Kier alpha value is -4.53. The van der Waals surface area contributed by atoms with Gasteiger partial charge in [-0.2, -0.15) is 0 Å². The van der Waals surface area contributed by atoms with Crippen molar-refractivity contribution in [3.63, 3.8) is 0 Å². The van der Waals surface area contributed by atoms with Crippen LogP contribution in [0, 0.1) is 5.82 Å². The van der Waals surface area contributed by atoms with Gasteiger partial charge in [0.15, 0.2) is 0 Å². The van der Waals surface area contributed by atoms with Gasteiger partial charge in [0, 0.05) is 19.4 Å². The molecule has 0 radical (unpaired) electrons. The van der Waals surface area contributed by atoms with Crippen molar-refractivity contribution in [3.8, 4) is 0 Å². The number of hydrogen-bond donors (Lipinski definition) is 2. The van der Waals surface area contributed by atoms with Crippen molar-refractivity contribution in [3.05, 3.63) is 102 Å². The van der Waals surface area contributed by atoms with Gasteiger partial charge in [-0.25, -0.2) is 14.2 Å². The summed E-state index contributed by atoms with van der Waals surface area (Å²) in [7, 11) is 1.76. The highest BCUT2D eigenvalue weighted by atomic mass is 19.1. The lowest BCUT2D eigenvalue weighted by Gasteiger charge is -2.23. The Bertz CT molecular complexity index is 1500. The molecule has 1 aromatic heterocycles. The van der Waals surface area contributed by atoms with Gasteiger partial charge in [0.2, 0.25) is 5.91 Å². The van der Waals surface area contributed by atoms with Gasteiger partial charge in [-0.15, -0.1) is 0 Å². The Morgan fingerprint density at radius 2 is 1.86 bits per heavy atom. The van der Waals surface area contributed by atoms with E-state index in [2.05, 4.69) is 15.6 Å². The third-order valence-electron chi connectivity index (χ3n) is 6.51. The Balaban J connectivity index is 1.38. The summed E-state index contributed by atoms with van der Waals surface area (Å²) in [6, 6.07) is 17.7. The lowest BCUT2D eigenvalue weighted by Crippen LogP contribution is -2.44. The molecule has 8 nitrogen and oxygen atoms in total. The fourth-order valence-electron chi connectivity index (χ4n) is 4.53. The maximum absolute atomic E-state index is 13.9. The summed E-state index contributed by atoms with van der Waals surface area (Å²) >= 11 is 0. The number of carbonyl (C=O) groups is 3. The van der Waals surface area contributed by atoms with Gasteiger partial charge in [-0.05, 0) is 47.0 Å². The van der Waals surface area contributed by atoms with Crippen molar-refractivity contribution < 1.29 is 18.8 Å². The van der Waals surface area contributed by atoms with Crippen LogP contribution in [0.3, 0.4) is 0 Å². The number of imide groups is 1. The smallest absolute Gasteiger partial charge is 0.325 e. The third-order valence-corrected chi connectivity index (χ3v) is 6.51. The molecule has 2 heterocycles. The van der Waals surface area contributed by atoms with E-state index in [1.807, 2.05) is 36.4 Å². The zero-order chi connectivity index (χ0) is 25.4. The van der Waals surface area contributed by atoms with E-state index >= 15 is 0 Å². The van der Waals surface area contributed by atoms with E-state index in [9.17, 15) is 18.8 Å². The molecule has 3 aromatic carbocycles. The lowest BCUT2D eigenvalue weighted by atomic mass is 9.90. The molecule has 0 spiro atoms. The van der Waals surface area contributed by atoms with Crippen LogP contribution in [0.2, 0.25) is 0 Å². The zero-order valence-electron chi connectivity index (χ0n) is 19.7. The Morgan fingerprint density at radius 1 is 1.08 bits per heavy atom. The molecular formula is C27H24FN5O3. The molecule has 182 valence electrons. The minimum absolute atomic E-state index is 0.457. The number of imidazole rings is 1. The third kappa shape index (κ3) is 4.08. The lowest BCUT2D eigenvalue weighted by molar-refractivity contribution is -0.135. The number of fused-ring (bicyclic) bond motifs is 1. The van der Waals surface area contributed by atoms with Crippen LogP contribution in [-0.2, 0) is 22.2 Å². The summed E-state index contributed by atoms with van der Waals surface area (Å²) in [5.74, 6) is -1.09. The molecule has 36 heavy (non-hydrogen) atoms. The fraction of sp³-hybridized carbons (Fsp3) is 0.185. The number of carbonyl (C=O) groups excluding carboxylic acids is 3. The number of halogens is 1. The van der Waals surface area contributed by atoms with E-state index in [0.717, 1.165) is 15.7 Å². The highest BCUT2D eigenvalue weighted by Crippen LogP contribution is 2.31. The number of rotatable bonds is 6. The van der Waals surface area contributed by atoms with E-state index in [1.54, 1.807) is 49.1 Å². The summed E-state index contributed by atoms with van der Waals surface area (Å²) in [6.45, 7) is 1.13. The fourth-order valence-corrected chi connectivity index (χ4v) is 4.53. The van der Waals surface area contributed by atoms with Crippen LogP contribution < -0.4 is 10.6 Å². The Kier molecular flexibility index (Phi) is 5.75. The van der Waals surface area contributed by atoms with Crippen molar-refractivity contribution in [1.29, 1.82) is 0 Å². The molecule has 2 N–H and O–H groups in total. The summed E-state index contributed by atoms with van der Waals surface area (Å²) in [5, 5.41) is 7.48. The second-order valence-electron chi connectivity index (χ2n) is 8.96. The normalized spacial score (nSPS) is 18.4. The van der Waals surface area contributed by atoms with E-state index < -0.39 is 41.8 Å². The maximum atomic E-state index is 13.9. The molecule has 2 unspecified atom stereocenters. The van der Waals surface area contributed by atoms with E-state index in [4.69, 9.17) is 0 Å². The van der Waals surface area contributed by atoms with Crippen molar-refractivity contribution >= 4 is 28.6 Å². The maximum Gasteiger partial charge on any atom is 0.325 e. The molecule has 9 heteroatoms. The van der Waals surface area contributed by atoms with Crippen LogP contribution in [0.5, 0.6) is 0 Å². The highest BCUT2D eigenvalue weighted by molar-refractivity contribution is 6.09. The molecule has 1 aliphatic rings. The first-order valence-corrected chi connectivity index (χ1v) is 11.4. The second kappa shape index (κ2) is 8.92. The van der Waals surface area contributed by atoms with Gasteiger partial charge in [0.1, 0.15) is 29.8 Å². The molecule has 1 saturated heterocycles. The van der Waals surface area contributed by atoms with Gasteiger partial charge in [0.05, 0.1) is 0 Å².